The Morgan fingerprint density at radius 2 is 1.71 bits per heavy atom. The van der Waals surface area contributed by atoms with Gasteiger partial charge >= 0.3 is 0 Å². The van der Waals surface area contributed by atoms with Gasteiger partial charge in [-0.15, -0.1) is 0 Å². The summed E-state index contributed by atoms with van der Waals surface area (Å²) < 4.78 is 10.7. The maximum Gasteiger partial charge on any atom is 0.248 e. The molecule has 0 spiro atoms. The molecule has 2 aliphatic heterocycles. The van der Waals surface area contributed by atoms with Crippen LogP contribution in [0.4, 0.5) is 23.1 Å². The fourth-order valence-electron chi connectivity index (χ4n) is 4.01. The van der Waals surface area contributed by atoms with Crippen LogP contribution in [0.2, 0.25) is 0 Å². The summed E-state index contributed by atoms with van der Waals surface area (Å²) in [6.07, 6.45) is 6.86. The Morgan fingerprint density at radius 1 is 0.941 bits per heavy atom. The van der Waals surface area contributed by atoms with Gasteiger partial charge in [0.15, 0.2) is 11.5 Å². The number of benzene rings is 2. The highest BCUT2D eigenvalue weighted by Crippen LogP contribution is 2.32. The van der Waals surface area contributed by atoms with Crippen LogP contribution in [-0.2, 0) is 4.79 Å². The van der Waals surface area contributed by atoms with Gasteiger partial charge in [0.2, 0.25) is 18.6 Å². The Bertz CT molecular complexity index is 1200. The number of carbonyl (C=O) groups excluding carboxylic acids is 1. The summed E-state index contributed by atoms with van der Waals surface area (Å²) in [6, 6.07) is 15.0. The van der Waals surface area contributed by atoms with Crippen molar-refractivity contribution >= 4 is 35.1 Å². The Kier molecular flexibility index (Phi) is 6.29. The van der Waals surface area contributed by atoms with E-state index in [9.17, 15) is 4.79 Å². The summed E-state index contributed by atoms with van der Waals surface area (Å²) in [6.45, 7) is 4.21. The number of carbonyl (C=O) groups is 1. The van der Waals surface area contributed by atoms with E-state index in [0.717, 1.165) is 47.5 Å². The first-order chi connectivity index (χ1) is 16.6. The Balaban J connectivity index is 1.19. The molecule has 0 unspecified atom stereocenters. The molecule has 1 fully saturated rings. The third-order valence-electron chi connectivity index (χ3n) is 5.73. The van der Waals surface area contributed by atoms with Gasteiger partial charge in [-0.25, -0.2) is 4.98 Å². The molecular weight excluding hydrogens is 430 g/mol. The second-order valence-corrected chi connectivity index (χ2v) is 8.38. The first-order valence-electron chi connectivity index (χ1n) is 11.5. The number of nitrogens with zero attached hydrogens (tertiary/aromatic N) is 3. The maximum absolute atomic E-state index is 12.3. The van der Waals surface area contributed by atoms with E-state index in [0.29, 0.717) is 11.4 Å². The van der Waals surface area contributed by atoms with Gasteiger partial charge in [-0.2, -0.15) is 4.98 Å². The normalized spacial score (nSPS) is 14.9. The van der Waals surface area contributed by atoms with Crippen LogP contribution in [0.15, 0.2) is 54.6 Å². The van der Waals surface area contributed by atoms with Crippen LogP contribution < -0.4 is 25.0 Å². The predicted molar refractivity (Wildman–Crippen MR) is 133 cm³/mol. The number of rotatable bonds is 6. The van der Waals surface area contributed by atoms with Crippen LogP contribution in [0.25, 0.3) is 6.08 Å². The fourth-order valence-corrected chi connectivity index (χ4v) is 4.01. The average molecular weight is 458 g/mol. The number of nitrogens with one attached hydrogen (secondary N) is 2. The van der Waals surface area contributed by atoms with E-state index in [4.69, 9.17) is 14.5 Å². The van der Waals surface area contributed by atoms with E-state index in [1.807, 2.05) is 55.5 Å². The van der Waals surface area contributed by atoms with Crippen LogP contribution in [0.1, 0.15) is 30.5 Å². The van der Waals surface area contributed by atoms with E-state index < -0.39 is 0 Å². The SMILES string of the molecule is Cc1cc(Nc2ccc(NC(=O)/C=C/c3ccc4c(c3)OCO4)cc2)nc(N2CCCCC2)n1. The third-order valence-corrected chi connectivity index (χ3v) is 5.73. The summed E-state index contributed by atoms with van der Waals surface area (Å²) in [5.74, 6) is 2.73. The monoisotopic (exact) mass is 457 g/mol. The van der Waals surface area contributed by atoms with Crippen molar-refractivity contribution < 1.29 is 14.3 Å². The Morgan fingerprint density at radius 3 is 2.53 bits per heavy atom. The van der Waals surface area contributed by atoms with Crippen LogP contribution in [0.3, 0.4) is 0 Å². The number of hydrogen-bond donors (Lipinski definition) is 2. The summed E-state index contributed by atoms with van der Waals surface area (Å²) in [4.78, 5) is 23.9. The molecule has 0 saturated carbocycles. The zero-order chi connectivity index (χ0) is 23.3. The lowest BCUT2D eigenvalue weighted by molar-refractivity contribution is -0.111. The van der Waals surface area contributed by atoms with Crippen molar-refractivity contribution in [3.05, 3.63) is 65.9 Å². The highest BCUT2D eigenvalue weighted by atomic mass is 16.7. The third kappa shape index (κ3) is 5.28. The second-order valence-electron chi connectivity index (χ2n) is 8.38. The predicted octanol–water partition coefficient (Wildman–Crippen LogP) is 4.90. The lowest BCUT2D eigenvalue weighted by Gasteiger charge is -2.27. The molecule has 1 saturated heterocycles. The summed E-state index contributed by atoms with van der Waals surface area (Å²) >= 11 is 0. The van der Waals surface area contributed by atoms with Gasteiger partial charge in [0.05, 0.1) is 0 Å². The molecule has 8 heteroatoms. The molecule has 0 atom stereocenters. The van der Waals surface area contributed by atoms with Crippen LogP contribution in [0, 0.1) is 6.92 Å². The largest absolute Gasteiger partial charge is 0.454 e. The number of anilines is 4. The molecule has 5 rings (SSSR count). The highest BCUT2D eigenvalue weighted by Gasteiger charge is 2.15. The summed E-state index contributed by atoms with van der Waals surface area (Å²) in [5, 5.41) is 6.22. The molecule has 1 aromatic heterocycles. The van der Waals surface area contributed by atoms with Gasteiger partial charge < -0.3 is 25.0 Å². The van der Waals surface area contributed by atoms with E-state index >= 15 is 0 Å². The number of amides is 1. The van der Waals surface area contributed by atoms with E-state index in [2.05, 4.69) is 20.5 Å². The van der Waals surface area contributed by atoms with Gasteiger partial charge in [-0.05, 0) is 74.2 Å². The van der Waals surface area contributed by atoms with E-state index in [1.54, 1.807) is 6.08 Å². The van der Waals surface area contributed by atoms with Gasteiger partial charge in [-0.3, -0.25) is 4.79 Å². The molecule has 2 aliphatic rings. The van der Waals surface area contributed by atoms with Gasteiger partial charge in [0.1, 0.15) is 5.82 Å². The second kappa shape index (κ2) is 9.82. The van der Waals surface area contributed by atoms with Crippen molar-refractivity contribution in [2.24, 2.45) is 0 Å². The maximum atomic E-state index is 12.3. The van der Waals surface area contributed by atoms with Gasteiger partial charge in [0.25, 0.3) is 0 Å². The Labute approximate surface area is 198 Å². The minimum absolute atomic E-state index is 0.212. The lowest BCUT2D eigenvalue weighted by atomic mass is 10.1. The average Bonchev–Trinajstić information content (AvgIpc) is 3.32. The quantitative estimate of drug-likeness (QED) is 0.509. The molecule has 0 aliphatic carbocycles. The molecule has 3 heterocycles. The molecule has 8 nitrogen and oxygen atoms in total. The number of aryl methyl sites for hydroxylation is 1. The number of ether oxygens (including phenoxy) is 2. The highest BCUT2D eigenvalue weighted by molar-refractivity contribution is 6.02. The van der Waals surface area contributed by atoms with Crippen molar-refractivity contribution in [3.8, 4) is 11.5 Å². The zero-order valence-corrected chi connectivity index (χ0v) is 19.1. The number of hydrogen-bond acceptors (Lipinski definition) is 7. The van der Waals surface area contributed by atoms with Crippen molar-refractivity contribution in [2.75, 3.05) is 35.4 Å². The molecule has 0 radical (unpaired) electrons. The Hall–Kier alpha value is -4.07. The van der Waals surface area contributed by atoms with Crippen LogP contribution in [0.5, 0.6) is 11.5 Å². The first kappa shape index (κ1) is 21.8. The zero-order valence-electron chi connectivity index (χ0n) is 19.1. The lowest BCUT2D eigenvalue weighted by Crippen LogP contribution is -2.31. The van der Waals surface area contributed by atoms with Gasteiger partial charge in [-0.1, -0.05) is 6.07 Å². The smallest absolute Gasteiger partial charge is 0.248 e. The van der Waals surface area contributed by atoms with E-state index in [-0.39, 0.29) is 12.7 Å². The minimum atomic E-state index is -0.212. The molecule has 2 aromatic carbocycles. The molecule has 174 valence electrons. The number of fused-ring (bicyclic) bond motifs is 1. The van der Waals surface area contributed by atoms with Crippen molar-refractivity contribution in [2.45, 2.75) is 26.2 Å². The molecule has 34 heavy (non-hydrogen) atoms. The molecular formula is C26H27N5O3. The molecule has 3 aromatic rings. The van der Waals surface area contributed by atoms with Crippen molar-refractivity contribution in [3.63, 3.8) is 0 Å². The van der Waals surface area contributed by atoms with Crippen molar-refractivity contribution in [1.82, 2.24) is 9.97 Å². The van der Waals surface area contributed by atoms with Gasteiger partial charge in [0, 0.05) is 42.3 Å². The van der Waals surface area contributed by atoms with Crippen molar-refractivity contribution in [1.29, 1.82) is 0 Å². The minimum Gasteiger partial charge on any atom is -0.454 e. The number of aromatic nitrogens is 2. The molecule has 1 amide bonds. The molecule has 2 N–H and O–H groups in total. The molecule has 0 bridgehead atoms. The fraction of sp³-hybridized carbons (Fsp3) is 0.269. The number of piperidine rings is 1. The van der Waals surface area contributed by atoms with E-state index in [1.165, 1.54) is 25.3 Å². The van der Waals surface area contributed by atoms with Crippen LogP contribution >= 0.6 is 0 Å². The summed E-state index contributed by atoms with van der Waals surface area (Å²) in [5.41, 5.74) is 3.38. The van der Waals surface area contributed by atoms with Crippen LogP contribution in [-0.4, -0.2) is 35.8 Å². The summed E-state index contributed by atoms with van der Waals surface area (Å²) in [7, 11) is 0. The topological polar surface area (TPSA) is 88.6 Å². The standard InChI is InChI=1S/C26H27N5O3/c1-18-15-24(30-26(27-18)31-13-3-2-4-14-31)28-20-7-9-21(10-8-20)29-25(32)12-6-19-5-11-22-23(16-19)34-17-33-22/h5-12,15-16H,2-4,13-14,17H2,1H3,(H,29,32)(H,27,28,30)/b12-6+. The first-order valence-corrected chi connectivity index (χ1v) is 11.5.